The van der Waals surface area contributed by atoms with Crippen LogP contribution in [0, 0.1) is 0 Å². The summed E-state index contributed by atoms with van der Waals surface area (Å²) >= 11 is 0. The van der Waals surface area contributed by atoms with Crippen molar-refractivity contribution in [2.24, 2.45) is 5.73 Å². The monoisotopic (exact) mass is 221 g/mol. The van der Waals surface area contributed by atoms with Crippen LogP contribution in [-0.2, 0) is 6.42 Å². The van der Waals surface area contributed by atoms with Crippen LogP contribution in [0.5, 0.6) is 5.75 Å². The summed E-state index contributed by atoms with van der Waals surface area (Å²) in [5.41, 5.74) is 8.63. The smallest absolute Gasteiger partial charge is 0.119 e. The van der Waals surface area contributed by atoms with Crippen molar-refractivity contribution in [3.63, 3.8) is 0 Å². The molecule has 2 nitrogen and oxygen atoms in total. The molecule has 0 aromatic heterocycles. The standard InChI is InChI=1S/C14H23NO/c1-5-11-9-12(16-10(3)4)7-8-13(11)14(15)6-2/h7-10,14H,5-6,15H2,1-4H3. The zero-order valence-electron chi connectivity index (χ0n) is 10.8. The summed E-state index contributed by atoms with van der Waals surface area (Å²) in [5, 5.41) is 0. The summed E-state index contributed by atoms with van der Waals surface area (Å²) in [6.45, 7) is 8.34. The highest BCUT2D eigenvalue weighted by Crippen LogP contribution is 2.24. The van der Waals surface area contributed by atoms with E-state index in [0.717, 1.165) is 18.6 Å². The molecule has 1 atom stereocenters. The Labute approximate surface area is 98.8 Å². The third kappa shape index (κ3) is 3.24. The van der Waals surface area contributed by atoms with E-state index in [-0.39, 0.29) is 12.1 Å². The van der Waals surface area contributed by atoms with E-state index in [1.807, 2.05) is 19.9 Å². The molecular weight excluding hydrogens is 198 g/mol. The maximum atomic E-state index is 6.08. The van der Waals surface area contributed by atoms with Crippen LogP contribution in [0.15, 0.2) is 18.2 Å². The van der Waals surface area contributed by atoms with E-state index in [4.69, 9.17) is 10.5 Å². The molecule has 0 bridgehead atoms. The van der Waals surface area contributed by atoms with Crippen molar-refractivity contribution in [1.82, 2.24) is 0 Å². The lowest BCUT2D eigenvalue weighted by atomic mass is 9.97. The maximum absolute atomic E-state index is 6.08. The third-order valence-corrected chi connectivity index (χ3v) is 2.71. The highest BCUT2D eigenvalue weighted by Gasteiger charge is 2.09. The number of hydrogen-bond donors (Lipinski definition) is 1. The third-order valence-electron chi connectivity index (χ3n) is 2.71. The number of rotatable bonds is 5. The first-order valence-corrected chi connectivity index (χ1v) is 6.13. The van der Waals surface area contributed by atoms with Gasteiger partial charge in [-0.15, -0.1) is 0 Å². The fourth-order valence-corrected chi connectivity index (χ4v) is 1.82. The zero-order valence-corrected chi connectivity index (χ0v) is 10.8. The van der Waals surface area contributed by atoms with Gasteiger partial charge in [-0.25, -0.2) is 0 Å². The van der Waals surface area contributed by atoms with Gasteiger partial charge >= 0.3 is 0 Å². The van der Waals surface area contributed by atoms with Crippen LogP contribution >= 0.6 is 0 Å². The molecule has 90 valence electrons. The van der Waals surface area contributed by atoms with Gasteiger partial charge in [0.05, 0.1) is 6.10 Å². The lowest BCUT2D eigenvalue weighted by molar-refractivity contribution is 0.242. The van der Waals surface area contributed by atoms with Gasteiger partial charge < -0.3 is 10.5 Å². The molecule has 16 heavy (non-hydrogen) atoms. The van der Waals surface area contributed by atoms with Crippen LogP contribution in [-0.4, -0.2) is 6.10 Å². The number of hydrogen-bond acceptors (Lipinski definition) is 2. The predicted octanol–water partition coefficient (Wildman–Crippen LogP) is 3.45. The van der Waals surface area contributed by atoms with E-state index in [9.17, 15) is 0 Å². The molecular formula is C14H23NO. The normalized spacial score (nSPS) is 12.9. The summed E-state index contributed by atoms with van der Waals surface area (Å²) in [4.78, 5) is 0. The number of ether oxygens (including phenoxy) is 1. The second-order valence-corrected chi connectivity index (χ2v) is 4.40. The van der Waals surface area contributed by atoms with Gasteiger partial charge in [-0.1, -0.05) is 19.9 Å². The highest BCUT2D eigenvalue weighted by molar-refractivity contribution is 5.37. The number of aryl methyl sites for hydroxylation is 1. The van der Waals surface area contributed by atoms with Crippen molar-refractivity contribution < 1.29 is 4.74 Å². The minimum Gasteiger partial charge on any atom is -0.491 e. The SMILES string of the molecule is CCc1cc(OC(C)C)ccc1C(N)CC. The molecule has 0 aliphatic rings. The Morgan fingerprint density at radius 1 is 1.25 bits per heavy atom. The highest BCUT2D eigenvalue weighted by atomic mass is 16.5. The van der Waals surface area contributed by atoms with Gasteiger partial charge in [-0.2, -0.15) is 0 Å². The lowest BCUT2D eigenvalue weighted by Gasteiger charge is -2.17. The lowest BCUT2D eigenvalue weighted by Crippen LogP contribution is -2.12. The molecule has 0 aliphatic carbocycles. The fourth-order valence-electron chi connectivity index (χ4n) is 1.82. The molecule has 0 fully saturated rings. The first-order chi connectivity index (χ1) is 7.58. The largest absolute Gasteiger partial charge is 0.491 e. The van der Waals surface area contributed by atoms with Crippen LogP contribution in [0.25, 0.3) is 0 Å². The van der Waals surface area contributed by atoms with Gasteiger partial charge in [-0.05, 0) is 49.9 Å². The molecule has 2 N–H and O–H groups in total. The summed E-state index contributed by atoms with van der Waals surface area (Å²) < 4.78 is 5.68. The Balaban J connectivity index is 2.97. The van der Waals surface area contributed by atoms with Gasteiger partial charge in [0, 0.05) is 6.04 Å². The average molecular weight is 221 g/mol. The fraction of sp³-hybridized carbons (Fsp3) is 0.571. The van der Waals surface area contributed by atoms with Crippen LogP contribution in [0.2, 0.25) is 0 Å². The van der Waals surface area contributed by atoms with Crippen LogP contribution in [0.1, 0.15) is 51.3 Å². The Morgan fingerprint density at radius 3 is 2.44 bits per heavy atom. The van der Waals surface area contributed by atoms with Crippen molar-refractivity contribution in [1.29, 1.82) is 0 Å². The minimum absolute atomic E-state index is 0.142. The first-order valence-electron chi connectivity index (χ1n) is 6.13. The van der Waals surface area contributed by atoms with Crippen molar-refractivity contribution in [3.8, 4) is 5.75 Å². The second-order valence-electron chi connectivity index (χ2n) is 4.40. The Kier molecular flexibility index (Phi) is 4.81. The first kappa shape index (κ1) is 13.0. The van der Waals surface area contributed by atoms with E-state index in [1.165, 1.54) is 11.1 Å². The van der Waals surface area contributed by atoms with E-state index in [2.05, 4.69) is 26.0 Å². The molecule has 1 aromatic carbocycles. The molecule has 0 saturated carbocycles. The van der Waals surface area contributed by atoms with Gasteiger partial charge in [0.2, 0.25) is 0 Å². The molecule has 1 rings (SSSR count). The van der Waals surface area contributed by atoms with Gasteiger partial charge in [-0.3, -0.25) is 0 Å². The molecule has 0 saturated heterocycles. The van der Waals surface area contributed by atoms with E-state index in [0.29, 0.717) is 0 Å². The van der Waals surface area contributed by atoms with Crippen molar-refractivity contribution in [2.45, 2.75) is 52.7 Å². The topological polar surface area (TPSA) is 35.2 Å². The molecule has 0 radical (unpaired) electrons. The zero-order chi connectivity index (χ0) is 12.1. The molecule has 0 spiro atoms. The van der Waals surface area contributed by atoms with Crippen molar-refractivity contribution in [3.05, 3.63) is 29.3 Å². The quantitative estimate of drug-likeness (QED) is 0.826. The van der Waals surface area contributed by atoms with Gasteiger partial charge in [0.15, 0.2) is 0 Å². The molecule has 2 heteroatoms. The van der Waals surface area contributed by atoms with Crippen LogP contribution < -0.4 is 10.5 Å². The summed E-state index contributed by atoms with van der Waals surface area (Å²) in [6.07, 6.45) is 2.19. The molecule has 1 unspecified atom stereocenters. The van der Waals surface area contributed by atoms with Crippen molar-refractivity contribution >= 4 is 0 Å². The Morgan fingerprint density at radius 2 is 1.94 bits per heavy atom. The summed E-state index contributed by atoms with van der Waals surface area (Å²) in [6, 6.07) is 6.38. The average Bonchev–Trinajstić information content (AvgIpc) is 2.27. The maximum Gasteiger partial charge on any atom is 0.119 e. The van der Waals surface area contributed by atoms with Gasteiger partial charge in [0.25, 0.3) is 0 Å². The van der Waals surface area contributed by atoms with E-state index < -0.39 is 0 Å². The Hall–Kier alpha value is -1.02. The summed E-state index contributed by atoms with van der Waals surface area (Å²) in [7, 11) is 0. The molecule has 1 aromatic rings. The summed E-state index contributed by atoms with van der Waals surface area (Å²) in [5.74, 6) is 0.943. The second kappa shape index (κ2) is 5.90. The van der Waals surface area contributed by atoms with E-state index >= 15 is 0 Å². The van der Waals surface area contributed by atoms with Crippen LogP contribution in [0.3, 0.4) is 0 Å². The van der Waals surface area contributed by atoms with Crippen LogP contribution in [0.4, 0.5) is 0 Å². The minimum atomic E-state index is 0.142. The number of benzene rings is 1. The van der Waals surface area contributed by atoms with Crippen molar-refractivity contribution in [2.75, 3.05) is 0 Å². The Bertz CT molecular complexity index is 334. The molecule has 0 amide bonds. The number of nitrogens with two attached hydrogens (primary N) is 1. The predicted molar refractivity (Wildman–Crippen MR) is 68.8 cm³/mol. The van der Waals surface area contributed by atoms with E-state index in [1.54, 1.807) is 0 Å². The molecule has 0 aliphatic heterocycles. The molecule has 0 heterocycles. The van der Waals surface area contributed by atoms with Gasteiger partial charge in [0.1, 0.15) is 5.75 Å².